The van der Waals surface area contributed by atoms with Crippen LogP contribution in [0, 0.1) is 15.5 Å². The lowest BCUT2D eigenvalue weighted by molar-refractivity contribution is -0.385. The first-order valence-corrected chi connectivity index (χ1v) is 7.78. The predicted octanol–water partition coefficient (Wildman–Crippen LogP) is 3.60. The Hall–Kier alpha value is -1.46. The Labute approximate surface area is 132 Å². The minimum Gasteiger partial charge on any atom is -0.393 e. The minimum atomic E-state index is -0.330. The maximum Gasteiger partial charge on any atom is 0.273 e. The molecule has 2 N–H and O–H groups in total. The number of hydrogen-bond acceptors (Lipinski definition) is 4. The summed E-state index contributed by atoms with van der Waals surface area (Å²) in [5, 5.41) is 24.0. The molecule has 1 atom stereocenters. The van der Waals surface area contributed by atoms with Gasteiger partial charge in [0, 0.05) is 24.7 Å². The van der Waals surface area contributed by atoms with Crippen molar-refractivity contribution in [2.24, 2.45) is 5.41 Å². The molecule has 1 aromatic rings. The molecule has 0 spiro atoms. The van der Waals surface area contributed by atoms with Gasteiger partial charge in [0.25, 0.3) is 5.69 Å². The Balaban J connectivity index is 2.71. The monoisotopic (exact) mass is 308 g/mol. The van der Waals surface area contributed by atoms with Crippen LogP contribution in [0.3, 0.4) is 0 Å². The number of benzene rings is 1. The summed E-state index contributed by atoms with van der Waals surface area (Å²) in [6.07, 6.45) is 0.384. The van der Waals surface area contributed by atoms with Crippen LogP contribution in [0.5, 0.6) is 0 Å². The number of aliphatic hydroxyl groups is 1. The van der Waals surface area contributed by atoms with Gasteiger partial charge >= 0.3 is 0 Å². The Morgan fingerprint density at radius 3 is 2.45 bits per heavy atom. The zero-order chi connectivity index (χ0) is 16.9. The van der Waals surface area contributed by atoms with Crippen LogP contribution >= 0.6 is 0 Å². The summed E-state index contributed by atoms with van der Waals surface area (Å²) in [6.45, 7) is 11.2. The molecular weight excluding hydrogens is 280 g/mol. The second-order valence-electron chi connectivity index (χ2n) is 7.13. The molecule has 0 aliphatic carbocycles. The molecule has 124 valence electrons. The predicted molar refractivity (Wildman–Crippen MR) is 89.0 cm³/mol. The molecule has 0 fully saturated rings. The lowest BCUT2D eigenvalue weighted by Gasteiger charge is -2.26. The highest BCUT2D eigenvalue weighted by atomic mass is 16.6. The minimum absolute atomic E-state index is 0.0159. The molecule has 0 aliphatic heterocycles. The highest BCUT2D eigenvalue weighted by Gasteiger charge is 2.20. The number of nitro benzene ring substituents is 1. The van der Waals surface area contributed by atoms with Gasteiger partial charge in [-0.2, -0.15) is 0 Å². The second-order valence-corrected chi connectivity index (χ2v) is 7.13. The summed E-state index contributed by atoms with van der Waals surface area (Å²) in [7, 11) is 0. The molecular formula is C17H28N2O3. The van der Waals surface area contributed by atoms with Crippen LogP contribution in [0.25, 0.3) is 0 Å². The van der Waals surface area contributed by atoms with Gasteiger partial charge in [0.1, 0.15) is 0 Å². The van der Waals surface area contributed by atoms with Crippen molar-refractivity contribution in [2.75, 3.05) is 6.54 Å². The molecule has 5 nitrogen and oxygen atoms in total. The van der Waals surface area contributed by atoms with Crippen molar-refractivity contribution in [1.82, 2.24) is 5.32 Å². The summed E-state index contributed by atoms with van der Waals surface area (Å²) >= 11 is 0. The van der Waals surface area contributed by atoms with Crippen molar-refractivity contribution in [3.63, 3.8) is 0 Å². The van der Waals surface area contributed by atoms with Crippen LogP contribution < -0.4 is 5.32 Å². The molecule has 1 unspecified atom stereocenters. The fourth-order valence-electron chi connectivity index (χ4n) is 2.76. The van der Waals surface area contributed by atoms with E-state index in [4.69, 9.17) is 0 Å². The lowest BCUT2D eigenvalue weighted by atomic mass is 9.87. The summed E-state index contributed by atoms with van der Waals surface area (Å²) in [5.41, 5.74) is 1.85. The molecule has 0 saturated heterocycles. The van der Waals surface area contributed by atoms with Gasteiger partial charge in [0.05, 0.1) is 11.0 Å². The number of aliphatic hydroxyl groups excluding tert-OH is 1. The highest BCUT2D eigenvalue weighted by molar-refractivity contribution is 5.45. The number of rotatable bonds is 8. The fraction of sp³-hybridized carbons (Fsp3) is 0.647. The van der Waals surface area contributed by atoms with Crippen LogP contribution in [0.1, 0.15) is 58.1 Å². The van der Waals surface area contributed by atoms with Gasteiger partial charge < -0.3 is 10.4 Å². The van der Waals surface area contributed by atoms with E-state index in [0.717, 1.165) is 17.7 Å². The van der Waals surface area contributed by atoms with E-state index < -0.39 is 0 Å². The normalized spacial score (nSPS) is 13.4. The van der Waals surface area contributed by atoms with Gasteiger partial charge in [-0.3, -0.25) is 10.1 Å². The third-order valence-electron chi connectivity index (χ3n) is 3.69. The third-order valence-corrected chi connectivity index (χ3v) is 3.69. The van der Waals surface area contributed by atoms with Gasteiger partial charge in [-0.05, 0) is 30.2 Å². The van der Waals surface area contributed by atoms with E-state index in [0.29, 0.717) is 13.0 Å². The number of nitrogens with one attached hydrogen (secondary N) is 1. The van der Waals surface area contributed by atoms with Crippen LogP contribution in [0.4, 0.5) is 5.69 Å². The van der Waals surface area contributed by atoms with Gasteiger partial charge in [-0.15, -0.1) is 0 Å². The standard InChI is InChI=1S/C17H28N2O3/c1-12(2)15-7-6-14(8-16(15)19(21)22)10-18-11-17(4,5)9-13(3)20/h6-8,12-13,18,20H,9-11H2,1-5H3. The van der Waals surface area contributed by atoms with Crippen molar-refractivity contribution in [3.8, 4) is 0 Å². The second kappa shape index (κ2) is 7.70. The summed E-state index contributed by atoms with van der Waals surface area (Å²) < 4.78 is 0. The molecule has 0 bridgehead atoms. The van der Waals surface area contributed by atoms with Gasteiger partial charge in [0.15, 0.2) is 0 Å². The van der Waals surface area contributed by atoms with Crippen LogP contribution in [0.2, 0.25) is 0 Å². The molecule has 0 aromatic heterocycles. The smallest absolute Gasteiger partial charge is 0.273 e. The number of nitrogens with zero attached hydrogens (tertiary/aromatic N) is 1. The molecule has 1 aromatic carbocycles. The van der Waals surface area contributed by atoms with Crippen LogP contribution in [0.15, 0.2) is 18.2 Å². The van der Waals surface area contributed by atoms with Crippen molar-refractivity contribution in [1.29, 1.82) is 0 Å². The van der Waals surface area contributed by atoms with E-state index in [9.17, 15) is 15.2 Å². The molecule has 0 saturated carbocycles. The molecule has 0 amide bonds. The fourth-order valence-corrected chi connectivity index (χ4v) is 2.76. The van der Waals surface area contributed by atoms with E-state index in [-0.39, 0.29) is 28.0 Å². The Kier molecular flexibility index (Phi) is 6.50. The lowest BCUT2D eigenvalue weighted by Crippen LogP contribution is -2.31. The molecule has 0 radical (unpaired) electrons. The van der Waals surface area contributed by atoms with Crippen molar-refractivity contribution < 1.29 is 10.0 Å². The van der Waals surface area contributed by atoms with Gasteiger partial charge in [-0.1, -0.05) is 39.8 Å². The SMILES string of the molecule is CC(O)CC(C)(C)CNCc1ccc(C(C)C)c([N+](=O)[O-])c1. The van der Waals surface area contributed by atoms with Crippen molar-refractivity contribution >= 4 is 5.69 Å². The first-order valence-electron chi connectivity index (χ1n) is 7.78. The largest absolute Gasteiger partial charge is 0.393 e. The van der Waals surface area contributed by atoms with E-state index in [2.05, 4.69) is 19.2 Å². The Morgan fingerprint density at radius 1 is 1.32 bits per heavy atom. The molecule has 5 heteroatoms. The van der Waals surface area contributed by atoms with E-state index in [1.807, 2.05) is 26.0 Å². The van der Waals surface area contributed by atoms with Crippen LogP contribution in [-0.4, -0.2) is 22.7 Å². The molecule has 0 aliphatic rings. The molecule has 0 heterocycles. The van der Waals surface area contributed by atoms with Gasteiger partial charge in [0.2, 0.25) is 0 Å². The zero-order valence-electron chi connectivity index (χ0n) is 14.2. The third kappa shape index (κ3) is 5.73. The van der Waals surface area contributed by atoms with Crippen molar-refractivity contribution in [3.05, 3.63) is 39.4 Å². The molecule has 22 heavy (non-hydrogen) atoms. The Morgan fingerprint density at radius 2 is 1.95 bits per heavy atom. The summed E-state index contributed by atoms with van der Waals surface area (Å²) in [5.74, 6) is 0.132. The maximum atomic E-state index is 11.2. The van der Waals surface area contributed by atoms with E-state index in [1.54, 1.807) is 13.0 Å². The maximum absolute atomic E-state index is 11.2. The topological polar surface area (TPSA) is 75.4 Å². The summed E-state index contributed by atoms with van der Waals surface area (Å²) in [6, 6.07) is 5.45. The molecule has 1 rings (SSSR count). The number of hydrogen-bond donors (Lipinski definition) is 2. The quantitative estimate of drug-likeness (QED) is 0.568. The van der Waals surface area contributed by atoms with Crippen molar-refractivity contribution in [2.45, 2.75) is 59.6 Å². The first-order chi connectivity index (χ1) is 10.1. The first kappa shape index (κ1) is 18.6. The number of nitro groups is 1. The van der Waals surface area contributed by atoms with E-state index >= 15 is 0 Å². The van der Waals surface area contributed by atoms with Crippen LogP contribution in [-0.2, 0) is 6.54 Å². The average molecular weight is 308 g/mol. The van der Waals surface area contributed by atoms with E-state index in [1.165, 1.54) is 0 Å². The highest BCUT2D eigenvalue weighted by Crippen LogP contribution is 2.27. The zero-order valence-corrected chi connectivity index (χ0v) is 14.2. The summed E-state index contributed by atoms with van der Waals surface area (Å²) in [4.78, 5) is 10.9. The Bertz CT molecular complexity index is 511. The van der Waals surface area contributed by atoms with Gasteiger partial charge in [-0.25, -0.2) is 0 Å². The average Bonchev–Trinajstić information content (AvgIpc) is 2.36.